The smallest absolute Gasteiger partial charge is 0.260 e. The van der Waals surface area contributed by atoms with Crippen LogP contribution in [0.2, 0.25) is 0 Å². The summed E-state index contributed by atoms with van der Waals surface area (Å²) in [6.07, 6.45) is 1.75. The third-order valence-corrected chi connectivity index (χ3v) is 3.75. The van der Waals surface area contributed by atoms with Crippen LogP contribution < -0.4 is 5.56 Å². The molecule has 0 saturated heterocycles. The third kappa shape index (κ3) is 1.48. The summed E-state index contributed by atoms with van der Waals surface area (Å²) in [6, 6.07) is 1.85. The van der Waals surface area contributed by atoms with E-state index in [4.69, 9.17) is 0 Å². The summed E-state index contributed by atoms with van der Waals surface area (Å²) in [5, 5.41) is 10.2. The monoisotopic (exact) mass is 282 g/mol. The van der Waals surface area contributed by atoms with Gasteiger partial charge in [-0.3, -0.25) is 4.79 Å². The van der Waals surface area contributed by atoms with Crippen molar-refractivity contribution in [3.8, 4) is 0 Å². The molecule has 0 aliphatic heterocycles. The number of nitrogens with one attached hydrogen (secondary N) is 1. The van der Waals surface area contributed by atoms with Gasteiger partial charge in [0.15, 0.2) is 5.65 Å². The lowest BCUT2D eigenvalue weighted by Crippen LogP contribution is -2.13. The van der Waals surface area contributed by atoms with Crippen molar-refractivity contribution >= 4 is 27.6 Å². The largest absolute Gasteiger partial charge is 0.306 e. The Hall–Kier alpha value is -2.70. The first-order valence-corrected chi connectivity index (χ1v) is 6.84. The molecule has 106 valence electrons. The van der Waals surface area contributed by atoms with E-state index in [0.29, 0.717) is 16.7 Å². The number of pyridine rings is 1. The van der Waals surface area contributed by atoms with Crippen molar-refractivity contribution < 1.29 is 0 Å². The van der Waals surface area contributed by atoms with Gasteiger partial charge in [-0.25, -0.2) is 14.2 Å². The molecule has 0 aliphatic rings. The second-order valence-corrected chi connectivity index (χ2v) is 5.16. The summed E-state index contributed by atoms with van der Waals surface area (Å²) in [6.45, 7) is 6.48. The first kappa shape index (κ1) is 12.1. The lowest BCUT2D eigenvalue weighted by Gasteiger charge is -2.06. The van der Waals surface area contributed by atoms with E-state index < -0.39 is 0 Å². The van der Waals surface area contributed by atoms with Crippen LogP contribution >= 0.6 is 0 Å². The van der Waals surface area contributed by atoms with Crippen molar-refractivity contribution in [2.75, 3.05) is 0 Å². The van der Waals surface area contributed by atoms with Crippen molar-refractivity contribution in [2.24, 2.45) is 0 Å². The Morgan fingerprint density at radius 3 is 2.90 bits per heavy atom. The van der Waals surface area contributed by atoms with Crippen molar-refractivity contribution in [3.63, 3.8) is 0 Å². The number of rotatable bonds is 1. The molecule has 0 radical (unpaired) electrons. The molecular formula is C14H14N6O. The van der Waals surface area contributed by atoms with E-state index in [-0.39, 0.29) is 5.56 Å². The van der Waals surface area contributed by atoms with E-state index in [1.54, 1.807) is 10.7 Å². The molecule has 0 spiro atoms. The molecule has 0 fully saturated rings. The summed E-state index contributed by atoms with van der Waals surface area (Å²) in [7, 11) is 0. The van der Waals surface area contributed by atoms with Gasteiger partial charge >= 0.3 is 0 Å². The van der Waals surface area contributed by atoms with Crippen LogP contribution in [0.1, 0.15) is 18.3 Å². The number of aryl methyl sites for hydroxylation is 3. The summed E-state index contributed by atoms with van der Waals surface area (Å²) in [4.78, 5) is 19.8. The van der Waals surface area contributed by atoms with E-state index in [1.165, 1.54) is 0 Å². The van der Waals surface area contributed by atoms with E-state index >= 15 is 0 Å². The fraction of sp³-hybridized carbons (Fsp3) is 0.286. The fourth-order valence-electron chi connectivity index (χ4n) is 2.85. The van der Waals surface area contributed by atoms with Gasteiger partial charge in [0, 0.05) is 12.6 Å². The molecule has 4 aromatic heterocycles. The third-order valence-electron chi connectivity index (χ3n) is 3.75. The second-order valence-electron chi connectivity index (χ2n) is 5.16. The first-order chi connectivity index (χ1) is 10.1. The number of hydrogen-bond donors (Lipinski definition) is 1. The van der Waals surface area contributed by atoms with Gasteiger partial charge in [0.25, 0.3) is 5.56 Å². The highest BCUT2D eigenvalue weighted by Crippen LogP contribution is 2.24. The van der Waals surface area contributed by atoms with Crippen LogP contribution in [0.15, 0.2) is 17.1 Å². The molecule has 7 heteroatoms. The molecule has 1 N–H and O–H groups in total. The lowest BCUT2D eigenvalue weighted by atomic mass is 10.2. The molecule has 21 heavy (non-hydrogen) atoms. The summed E-state index contributed by atoms with van der Waals surface area (Å²) < 4.78 is 3.59. The highest BCUT2D eigenvalue weighted by molar-refractivity contribution is 6.03. The first-order valence-electron chi connectivity index (χ1n) is 6.84. The Labute approximate surface area is 119 Å². The molecule has 0 atom stereocenters. The Bertz CT molecular complexity index is 1070. The maximum absolute atomic E-state index is 12.4. The number of nitrogens with zero attached hydrogens (tertiary/aromatic N) is 5. The molecule has 4 aromatic rings. The van der Waals surface area contributed by atoms with Crippen LogP contribution in [0.25, 0.3) is 27.6 Å². The molecule has 0 saturated carbocycles. The summed E-state index contributed by atoms with van der Waals surface area (Å²) >= 11 is 0. The van der Waals surface area contributed by atoms with Crippen molar-refractivity contribution in [1.82, 2.24) is 29.4 Å². The molecule has 0 aliphatic carbocycles. The topological polar surface area (TPSA) is 80.9 Å². The van der Waals surface area contributed by atoms with Gasteiger partial charge in [0.2, 0.25) is 0 Å². The van der Waals surface area contributed by atoms with Crippen LogP contribution in [-0.4, -0.2) is 29.4 Å². The van der Waals surface area contributed by atoms with Crippen LogP contribution in [-0.2, 0) is 6.54 Å². The maximum atomic E-state index is 12.4. The maximum Gasteiger partial charge on any atom is 0.260 e. The summed E-state index contributed by atoms with van der Waals surface area (Å²) in [5.74, 6) is 0. The minimum atomic E-state index is -0.145. The molecule has 0 bridgehead atoms. The Balaban J connectivity index is 2.39. The van der Waals surface area contributed by atoms with Gasteiger partial charge in [0.05, 0.1) is 33.9 Å². The molecule has 0 unspecified atom stereocenters. The standard InChI is InChI=1S/C14H14N6O/c1-4-19-13-9(6-15-19)12-11(8(3)16-13)14(21)17-10-5-7(2)18-20(10)12/h5-6H,4H2,1-3H3,(H,17,21). The van der Waals surface area contributed by atoms with Crippen molar-refractivity contribution in [1.29, 1.82) is 0 Å². The Morgan fingerprint density at radius 2 is 2.14 bits per heavy atom. The van der Waals surface area contributed by atoms with Gasteiger partial charge in [-0.05, 0) is 20.8 Å². The number of aromatic amines is 1. The van der Waals surface area contributed by atoms with Gasteiger partial charge in [0.1, 0.15) is 5.65 Å². The molecule has 0 amide bonds. The number of aromatic nitrogens is 6. The second kappa shape index (κ2) is 3.91. The molecular weight excluding hydrogens is 268 g/mol. The highest BCUT2D eigenvalue weighted by atomic mass is 16.1. The van der Waals surface area contributed by atoms with Crippen LogP contribution in [0.4, 0.5) is 0 Å². The lowest BCUT2D eigenvalue weighted by molar-refractivity contribution is 0.676. The van der Waals surface area contributed by atoms with Crippen LogP contribution in [0.5, 0.6) is 0 Å². The predicted molar refractivity (Wildman–Crippen MR) is 79.6 cm³/mol. The van der Waals surface area contributed by atoms with E-state index in [1.807, 2.05) is 31.5 Å². The predicted octanol–water partition coefficient (Wildman–Crippen LogP) is 1.56. The van der Waals surface area contributed by atoms with Gasteiger partial charge < -0.3 is 4.98 Å². The Kier molecular flexibility index (Phi) is 2.25. The van der Waals surface area contributed by atoms with Crippen LogP contribution in [0, 0.1) is 13.8 Å². The SMILES string of the molecule is CCn1ncc2c1nc(C)c1c(=O)[nH]c3cc(C)nn3c12. The normalized spacial score (nSPS) is 12.0. The van der Waals surface area contributed by atoms with Gasteiger partial charge in [-0.2, -0.15) is 10.2 Å². The number of H-pyrrole nitrogens is 1. The van der Waals surface area contributed by atoms with Crippen molar-refractivity contribution in [2.45, 2.75) is 27.3 Å². The average molecular weight is 282 g/mol. The molecule has 4 rings (SSSR count). The Morgan fingerprint density at radius 1 is 1.33 bits per heavy atom. The summed E-state index contributed by atoms with van der Waals surface area (Å²) in [5.41, 5.74) is 3.62. The van der Waals surface area contributed by atoms with E-state index in [0.717, 1.165) is 28.8 Å². The zero-order valence-corrected chi connectivity index (χ0v) is 12.0. The fourth-order valence-corrected chi connectivity index (χ4v) is 2.85. The number of hydrogen-bond acceptors (Lipinski definition) is 4. The molecule has 7 nitrogen and oxygen atoms in total. The zero-order chi connectivity index (χ0) is 14.7. The minimum absolute atomic E-state index is 0.145. The number of fused-ring (bicyclic) bond motifs is 5. The molecule has 0 aromatic carbocycles. The average Bonchev–Trinajstić information content (AvgIpc) is 3.00. The van der Waals surface area contributed by atoms with E-state index in [9.17, 15) is 4.79 Å². The highest BCUT2D eigenvalue weighted by Gasteiger charge is 2.16. The minimum Gasteiger partial charge on any atom is -0.306 e. The van der Waals surface area contributed by atoms with E-state index in [2.05, 4.69) is 20.2 Å². The van der Waals surface area contributed by atoms with Crippen molar-refractivity contribution in [3.05, 3.63) is 34.0 Å². The van der Waals surface area contributed by atoms with Gasteiger partial charge in [-0.15, -0.1) is 0 Å². The quantitative estimate of drug-likeness (QED) is 0.574. The molecule has 4 heterocycles. The van der Waals surface area contributed by atoms with Gasteiger partial charge in [-0.1, -0.05) is 0 Å². The zero-order valence-electron chi connectivity index (χ0n) is 12.0. The van der Waals surface area contributed by atoms with Crippen LogP contribution in [0.3, 0.4) is 0 Å².